The molecular weight excluding hydrogens is 248 g/mol. The quantitative estimate of drug-likeness (QED) is 0.808. The third-order valence-corrected chi connectivity index (χ3v) is 3.89. The molecule has 96 valence electrons. The Morgan fingerprint density at radius 2 is 2.50 bits per heavy atom. The second-order valence-electron chi connectivity index (χ2n) is 4.10. The molecule has 1 saturated heterocycles. The minimum Gasteiger partial charge on any atom is -0.379 e. The Kier molecular flexibility index (Phi) is 4.37. The second-order valence-corrected chi connectivity index (χ2v) is 5.19. The Morgan fingerprint density at radius 1 is 1.67 bits per heavy atom. The van der Waals surface area contributed by atoms with Crippen LogP contribution in [-0.2, 0) is 4.74 Å². The van der Waals surface area contributed by atoms with Gasteiger partial charge in [-0.25, -0.2) is 0 Å². The third kappa shape index (κ3) is 2.91. The van der Waals surface area contributed by atoms with E-state index in [1.165, 1.54) is 11.3 Å². The van der Waals surface area contributed by atoms with E-state index in [-0.39, 0.29) is 11.9 Å². The number of hydrogen-bond acceptors (Lipinski definition) is 4. The zero-order valence-electron chi connectivity index (χ0n) is 10.3. The molecule has 1 fully saturated rings. The topological polar surface area (TPSA) is 55.6 Å². The molecule has 1 amide bonds. The average molecular weight is 264 g/mol. The Morgan fingerprint density at radius 3 is 3.17 bits per heavy atom. The molecule has 2 N–H and O–H groups in total. The van der Waals surface area contributed by atoms with Crippen LogP contribution in [0.25, 0.3) is 0 Å². The van der Waals surface area contributed by atoms with Gasteiger partial charge in [-0.3, -0.25) is 4.79 Å². The SMILES string of the molecule is CN(C(=O)c1ccc(C#CCN)s1)C1CCOC1. The number of carbonyl (C=O) groups is 1. The van der Waals surface area contributed by atoms with Gasteiger partial charge in [0.1, 0.15) is 0 Å². The molecular formula is C13H16N2O2S. The predicted octanol–water partition coefficient (Wildman–Crippen LogP) is 0.919. The van der Waals surface area contributed by atoms with E-state index in [1.54, 1.807) is 4.90 Å². The highest BCUT2D eigenvalue weighted by molar-refractivity contribution is 7.14. The molecule has 2 rings (SSSR count). The minimum absolute atomic E-state index is 0.0382. The van der Waals surface area contributed by atoms with Crippen molar-refractivity contribution >= 4 is 17.2 Å². The summed E-state index contributed by atoms with van der Waals surface area (Å²) in [6.07, 6.45) is 0.910. The van der Waals surface area contributed by atoms with Crippen molar-refractivity contribution in [2.75, 3.05) is 26.8 Å². The smallest absolute Gasteiger partial charge is 0.264 e. The second kappa shape index (κ2) is 6.01. The van der Waals surface area contributed by atoms with Gasteiger partial charge in [0.15, 0.2) is 0 Å². The summed E-state index contributed by atoms with van der Waals surface area (Å²) in [7, 11) is 1.83. The maximum absolute atomic E-state index is 12.2. The van der Waals surface area contributed by atoms with Crippen LogP contribution in [0.15, 0.2) is 12.1 Å². The van der Waals surface area contributed by atoms with Gasteiger partial charge < -0.3 is 15.4 Å². The van der Waals surface area contributed by atoms with E-state index in [0.29, 0.717) is 18.0 Å². The molecule has 5 heteroatoms. The van der Waals surface area contributed by atoms with Crippen molar-refractivity contribution in [2.24, 2.45) is 5.73 Å². The molecule has 1 aromatic heterocycles. The molecule has 1 aliphatic rings. The highest BCUT2D eigenvalue weighted by Gasteiger charge is 2.25. The van der Waals surface area contributed by atoms with Crippen molar-refractivity contribution in [3.8, 4) is 11.8 Å². The molecule has 1 aromatic rings. The molecule has 1 aliphatic heterocycles. The Bertz CT molecular complexity index is 481. The van der Waals surface area contributed by atoms with Gasteiger partial charge >= 0.3 is 0 Å². The van der Waals surface area contributed by atoms with Crippen LogP contribution in [0.4, 0.5) is 0 Å². The third-order valence-electron chi connectivity index (χ3n) is 2.90. The van der Waals surface area contributed by atoms with Crippen LogP contribution in [0.5, 0.6) is 0 Å². The summed E-state index contributed by atoms with van der Waals surface area (Å²) in [5.41, 5.74) is 5.32. The van der Waals surface area contributed by atoms with E-state index >= 15 is 0 Å². The monoisotopic (exact) mass is 264 g/mol. The number of rotatable bonds is 2. The van der Waals surface area contributed by atoms with Gasteiger partial charge in [0.25, 0.3) is 5.91 Å². The fourth-order valence-electron chi connectivity index (χ4n) is 1.83. The van der Waals surface area contributed by atoms with E-state index in [4.69, 9.17) is 10.5 Å². The standard InChI is InChI=1S/C13H16N2O2S/c1-15(10-6-8-17-9-10)13(16)12-5-4-11(18-12)3-2-7-14/h4-5,10H,6-9,14H2,1H3. The lowest BCUT2D eigenvalue weighted by Crippen LogP contribution is -2.36. The van der Waals surface area contributed by atoms with E-state index < -0.39 is 0 Å². The molecule has 1 unspecified atom stereocenters. The van der Waals surface area contributed by atoms with Crippen LogP contribution < -0.4 is 5.73 Å². The van der Waals surface area contributed by atoms with Gasteiger partial charge in [0.2, 0.25) is 0 Å². The molecule has 0 spiro atoms. The maximum atomic E-state index is 12.2. The van der Waals surface area contributed by atoms with Gasteiger partial charge in [-0.2, -0.15) is 0 Å². The van der Waals surface area contributed by atoms with Gasteiger partial charge in [0.05, 0.1) is 28.9 Å². The summed E-state index contributed by atoms with van der Waals surface area (Å²) < 4.78 is 5.30. The van der Waals surface area contributed by atoms with Crippen molar-refractivity contribution in [1.82, 2.24) is 4.90 Å². The zero-order valence-corrected chi connectivity index (χ0v) is 11.1. The number of thiophene rings is 1. The van der Waals surface area contributed by atoms with Crippen LogP contribution >= 0.6 is 11.3 Å². The highest BCUT2D eigenvalue weighted by Crippen LogP contribution is 2.20. The largest absolute Gasteiger partial charge is 0.379 e. The van der Waals surface area contributed by atoms with Gasteiger partial charge in [-0.05, 0) is 18.6 Å². The van der Waals surface area contributed by atoms with Crippen LogP contribution in [0.1, 0.15) is 21.0 Å². The number of nitrogens with zero attached hydrogens (tertiary/aromatic N) is 1. The minimum atomic E-state index is 0.0382. The number of hydrogen-bond donors (Lipinski definition) is 1. The molecule has 0 aliphatic carbocycles. The normalized spacial score (nSPS) is 18.2. The summed E-state index contributed by atoms with van der Waals surface area (Å²) in [4.78, 5) is 15.6. The zero-order chi connectivity index (χ0) is 13.0. The van der Waals surface area contributed by atoms with E-state index in [0.717, 1.165) is 17.9 Å². The van der Waals surface area contributed by atoms with Crippen molar-refractivity contribution < 1.29 is 9.53 Å². The summed E-state index contributed by atoms with van der Waals surface area (Å²) in [5, 5.41) is 0. The first-order chi connectivity index (χ1) is 8.72. The van der Waals surface area contributed by atoms with Crippen molar-refractivity contribution in [1.29, 1.82) is 0 Å². The highest BCUT2D eigenvalue weighted by atomic mass is 32.1. The number of ether oxygens (including phenoxy) is 1. The van der Waals surface area contributed by atoms with Gasteiger partial charge in [-0.15, -0.1) is 11.3 Å². The fourth-order valence-corrected chi connectivity index (χ4v) is 2.69. The predicted molar refractivity (Wildman–Crippen MR) is 71.6 cm³/mol. The Hall–Kier alpha value is -1.35. The molecule has 0 aromatic carbocycles. The number of amides is 1. The molecule has 0 radical (unpaired) electrons. The lowest BCUT2D eigenvalue weighted by molar-refractivity contribution is 0.0716. The molecule has 0 saturated carbocycles. The van der Waals surface area contributed by atoms with E-state index in [2.05, 4.69) is 11.8 Å². The van der Waals surface area contributed by atoms with Crippen LogP contribution in [0.3, 0.4) is 0 Å². The Balaban J connectivity index is 2.06. The van der Waals surface area contributed by atoms with E-state index in [1.807, 2.05) is 19.2 Å². The Labute approximate surface area is 111 Å². The maximum Gasteiger partial charge on any atom is 0.264 e. The van der Waals surface area contributed by atoms with Gasteiger partial charge in [-0.1, -0.05) is 11.8 Å². The van der Waals surface area contributed by atoms with Crippen LogP contribution in [-0.4, -0.2) is 43.7 Å². The number of carbonyl (C=O) groups excluding carboxylic acids is 1. The van der Waals surface area contributed by atoms with Crippen molar-refractivity contribution in [3.05, 3.63) is 21.9 Å². The molecule has 4 nitrogen and oxygen atoms in total. The summed E-state index contributed by atoms with van der Waals surface area (Å²) in [5.74, 6) is 5.76. The lowest BCUT2D eigenvalue weighted by Gasteiger charge is -2.22. The van der Waals surface area contributed by atoms with E-state index in [9.17, 15) is 4.79 Å². The first-order valence-corrected chi connectivity index (χ1v) is 6.67. The first kappa shape index (κ1) is 13.1. The number of nitrogens with two attached hydrogens (primary N) is 1. The molecule has 18 heavy (non-hydrogen) atoms. The molecule has 0 bridgehead atoms. The van der Waals surface area contributed by atoms with Crippen molar-refractivity contribution in [2.45, 2.75) is 12.5 Å². The molecule has 1 atom stereocenters. The van der Waals surface area contributed by atoms with Crippen LogP contribution in [0, 0.1) is 11.8 Å². The summed E-state index contributed by atoms with van der Waals surface area (Å²) in [6.45, 7) is 1.70. The van der Waals surface area contributed by atoms with Gasteiger partial charge in [0, 0.05) is 13.7 Å². The summed E-state index contributed by atoms with van der Waals surface area (Å²) >= 11 is 1.41. The lowest BCUT2D eigenvalue weighted by atomic mass is 10.2. The summed E-state index contributed by atoms with van der Waals surface area (Å²) in [6, 6.07) is 3.87. The number of likely N-dealkylation sites (N-methyl/N-ethyl adjacent to an activating group) is 1. The first-order valence-electron chi connectivity index (χ1n) is 5.86. The molecule has 2 heterocycles. The fraction of sp³-hybridized carbons (Fsp3) is 0.462. The van der Waals surface area contributed by atoms with Crippen molar-refractivity contribution in [3.63, 3.8) is 0 Å². The average Bonchev–Trinajstić information content (AvgIpc) is 3.05. The van der Waals surface area contributed by atoms with Crippen LogP contribution in [0.2, 0.25) is 0 Å².